The third kappa shape index (κ3) is 5.12. The number of hydrogen-bond donors (Lipinski definition) is 1. The largest absolute Gasteiger partial charge is 0.463 e. The first-order valence-corrected chi connectivity index (χ1v) is 11.9. The summed E-state index contributed by atoms with van der Waals surface area (Å²) in [7, 11) is 1.74. The van der Waals surface area contributed by atoms with Gasteiger partial charge in [0, 0.05) is 37.2 Å². The van der Waals surface area contributed by atoms with Crippen molar-refractivity contribution in [3.63, 3.8) is 0 Å². The third-order valence-corrected chi connectivity index (χ3v) is 5.62. The van der Waals surface area contributed by atoms with Gasteiger partial charge in [0.15, 0.2) is 5.43 Å². The van der Waals surface area contributed by atoms with Gasteiger partial charge in [0.05, 0.1) is 29.1 Å². The van der Waals surface area contributed by atoms with Crippen LogP contribution in [0.2, 0.25) is 0 Å². The van der Waals surface area contributed by atoms with Gasteiger partial charge in [0.1, 0.15) is 11.4 Å². The molecule has 8 nitrogen and oxygen atoms in total. The second-order valence-corrected chi connectivity index (χ2v) is 8.23. The molecular formula is C28H29N5O3. The Morgan fingerprint density at radius 1 is 1.17 bits per heavy atom. The fraction of sp³-hybridized carbons (Fsp3) is 0.214. The van der Waals surface area contributed by atoms with Crippen molar-refractivity contribution in [1.82, 2.24) is 24.6 Å². The normalized spacial score (nSPS) is 11.8. The molecule has 36 heavy (non-hydrogen) atoms. The Bertz CT molecular complexity index is 1480. The van der Waals surface area contributed by atoms with Gasteiger partial charge < -0.3 is 10.1 Å². The number of carbonyl (C=O) groups excluding carboxylic acids is 1. The molecule has 8 heteroatoms. The monoisotopic (exact) mass is 483 g/mol. The quantitative estimate of drug-likeness (QED) is 0.347. The number of aryl methyl sites for hydroxylation is 1. The van der Waals surface area contributed by atoms with E-state index in [-0.39, 0.29) is 17.9 Å². The first-order valence-electron chi connectivity index (χ1n) is 11.9. The summed E-state index contributed by atoms with van der Waals surface area (Å²) >= 11 is 0. The van der Waals surface area contributed by atoms with E-state index < -0.39 is 0 Å². The van der Waals surface area contributed by atoms with E-state index in [1.165, 1.54) is 6.20 Å². The van der Waals surface area contributed by atoms with E-state index >= 15 is 0 Å². The van der Waals surface area contributed by atoms with Crippen LogP contribution < -0.4 is 10.7 Å². The molecule has 0 spiro atoms. The maximum Gasteiger partial charge on any atom is 0.254 e. The molecule has 0 aliphatic heterocycles. The van der Waals surface area contributed by atoms with Crippen LogP contribution in [-0.2, 0) is 18.3 Å². The molecule has 0 aliphatic carbocycles. The number of unbranched alkanes of at least 4 members (excludes halogenated alkanes) is 1. The number of ether oxygens (including phenoxy) is 1. The van der Waals surface area contributed by atoms with Gasteiger partial charge in [-0.25, -0.2) is 4.98 Å². The lowest BCUT2D eigenvalue weighted by Gasteiger charge is -2.21. The van der Waals surface area contributed by atoms with E-state index in [2.05, 4.69) is 22.3 Å². The van der Waals surface area contributed by atoms with Gasteiger partial charge in [-0.2, -0.15) is 5.10 Å². The molecule has 1 amide bonds. The number of pyridine rings is 2. The zero-order valence-electron chi connectivity index (χ0n) is 20.6. The second-order valence-electron chi connectivity index (χ2n) is 8.23. The lowest BCUT2D eigenvalue weighted by Crippen LogP contribution is -2.29. The molecule has 1 aromatic carbocycles. The molecule has 4 rings (SSSR count). The Morgan fingerprint density at radius 3 is 2.67 bits per heavy atom. The molecule has 3 heterocycles. The summed E-state index contributed by atoms with van der Waals surface area (Å²) in [4.78, 5) is 31.2. The van der Waals surface area contributed by atoms with E-state index in [1.54, 1.807) is 48.6 Å². The van der Waals surface area contributed by atoms with Gasteiger partial charge in [-0.05, 0) is 43.7 Å². The van der Waals surface area contributed by atoms with Crippen molar-refractivity contribution in [3.8, 4) is 5.69 Å². The lowest BCUT2D eigenvalue weighted by molar-refractivity contribution is 0.0950. The van der Waals surface area contributed by atoms with Crippen LogP contribution in [0.1, 0.15) is 48.3 Å². The summed E-state index contributed by atoms with van der Waals surface area (Å²) in [6, 6.07) is 13.2. The maximum absolute atomic E-state index is 13.8. The highest BCUT2D eigenvalue weighted by Gasteiger charge is 2.23. The number of para-hydroxylation sites is 1. The minimum Gasteiger partial charge on any atom is -0.463 e. The molecule has 0 bridgehead atoms. The number of fused-ring (bicyclic) bond motifs is 1. The third-order valence-electron chi connectivity index (χ3n) is 5.62. The van der Waals surface area contributed by atoms with Crippen molar-refractivity contribution in [1.29, 1.82) is 0 Å². The van der Waals surface area contributed by atoms with Crippen LogP contribution in [0.5, 0.6) is 0 Å². The summed E-state index contributed by atoms with van der Waals surface area (Å²) in [5, 5.41) is 7.41. The molecule has 184 valence electrons. The number of amides is 1. The van der Waals surface area contributed by atoms with E-state index in [0.717, 1.165) is 18.5 Å². The highest BCUT2D eigenvalue weighted by molar-refractivity contribution is 5.93. The number of benzene rings is 1. The summed E-state index contributed by atoms with van der Waals surface area (Å²) in [5.74, 6) is 0.202. The SMILES string of the molecule is C/C=C\O/C(=C/CCC)c1c(CNC(=O)c2cnn(C)c2)c(=O)c2cccnc2n1-c1ccccc1. The van der Waals surface area contributed by atoms with Gasteiger partial charge >= 0.3 is 0 Å². The number of hydrogen-bond acceptors (Lipinski definition) is 5. The number of nitrogens with one attached hydrogen (secondary N) is 1. The van der Waals surface area contributed by atoms with Crippen LogP contribution in [0, 0.1) is 0 Å². The van der Waals surface area contributed by atoms with Crippen molar-refractivity contribution in [3.05, 3.63) is 107 Å². The topological polar surface area (TPSA) is 91.0 Å². The van der Waals surface area contributed by atoms with Crippen molar-refractivity contribution < 1.29 is 9.53 Å². The first kappa shape index (κ1) is 24.7. The smallest absolute Gasteiger partial charge is 0.254 e. The van der Waals surface area contributed by atoms with E-state index in [0.29, 0.717) is 33.6 Å². The predicted octanol–water partition coefficient (Wildman–Crippen LogP) is 4.74. The number of nitrogens with zero attached hydrogens (tertiary/aromatic N) is 4. The average molecular weight is 484 g/mol. The van der Waals surface area contributed by atoms with E-state index in [4.69, 9.17) is 4.74 Å². The fourth-order valence-electron chi connectivity index (χ4n) is 3.94. The standard InChI is InChI=1S/C28H29N5O3/c1-4-6-14-24(36-16-5-2)25-23(18-30-28(35)20-17-31-32(3)19-20)26(34)22-13-10-15-29-27(22)33(25)21-11-8-7-9-12-21/h5,7-17,19H,4,6,18H2,1-3H3,(H,30,35)/b16-5-,24-14+. The number of aromatic nitrogens is 4. The molecule has 0 unspecified atom stereocenters. The van der Waals surface area contributed by atoms with Gasteiger partial charge in [0.25, 0.3) is 5.91 Å². The minimum absolute atomic E-state index is 0.00221. The molecule has 0 aliphatic rings. The molecule has 0 radical (unpaired) electrons. The van der Waals surface area contributed by atoms with Gasteiger partial charge in [-0.1, -0.05) is 37.6 Å². The maximum atomic E-state index is 13.8. The zero-order valence-corrected chi connectivity index (χ0v) is 20.6. The van der Waals surface area contributed by atoms with Crippen molar-refractivity contribution in [2.24, 2.45) is 7.05 Å². The Labute approximate surface area is 209 Å². The first-order chi connectivity index (χ1) is 17.5. The average Bonchev–Trinajstić information content (AvgIpc) is 3.35. The zero-order chi connectivity index (χ0) is 25.5. The van der Waals surface area contributed by atoms with E-state index in [1.807, 2.05) is 47.9 Å². The van der Waals surface area contributed by atoms with Gasteiger partial charge in [-0.15, -0.1) is 0 Å². The lowest BCUT2D eigenvalue weighted by atomic mass is 10.1. The summed E-state index contributed by atoms with van der Waals surface area (Å²) in [6.07, 6.45) is 11.8. The number of allylic oxidation sites excluding steroid dienone is 2. The van der Waals surface area contributed by atoms with Crippen LogP contribution in [-0.4, -0.2) is 25.2 Å². The van der Waals surface area contributed by atoms with Gasteiger partial charge in [0.2, 0.25) is 0 Å². The Morgan fingerprint density at radius 2 is 1.97 bits per heavy atom. The molecule has 1 N–H and O–H groups in total. The minimum atomic E-state index is -0.320. The Kier molecular flexibility index (Phi) is 7.75. The fourth-order valence-corrected chi connectivity index (χ4v) is 3.94. The molecule has 0 atom stereocenters. The van der Waals surface area contributed by atoms with Crippen molar-refractivity contribution >= 4 is 22.7 Å². The summed E-state index contributed by atoms with van der Waals surface area (Å²) < 4.78 is 9.53. The molecule has 0 fully saturated rings. The highest BCUT2D eigenvalue weighted by atomic mass is 16.5. The number of rotatable bonds is 9. The second kappa shape index (κ2) is 11.3. The van der Waals surface area contributed by atoms with Crippen molar-refractivity contribution in [2.45, 2.75) is 33.2 Å². The van der Waals surface area contributed by atoms with Crippen LogP contribution in [0.4, 0.5) is 0 Å². The summed E-state index contributed by atoms with van der Waals surface area (Å²) in [6.45, 7) is 3.94. The Balaban J connectivity index is 1.98. The molecular weight excluding hydrogens is 454 g/mol. The molecule has 0 saturated heterocycles. The summed E-state index contributed by atoms with van der Waals surface area (Å²) in [5.41, 5.74) is 2.49. The Hall–Kier alpha value is -4.46. The van der Waals surface area contributed by atoms with Crippen LogP contribution in [0.25, 0.3) is 22.5 Å². The van der Waals surface area contributed by atoms with E-state index in [9.17, 15) is 9.59 Å². The van der Waals surface area contributed by atoms with Crippen LogP contribution in [0.15, 0.2) is 84.3 Å². The van der Waals surface area contributed by atoms with Gasteiger partial charge in [-0.3, -0.25) is 18.8 Å². The molecule has 3 aromatic heterocycles. The highest BCUT2D eigenvalue weighted by Crippen LogP contribution is 2.28. The van der Waals surface area contributed by atoms with Crippen molar-refractivity contribution in [2.75, 3.05) is 0 Å². The van der Waals surface area contributed by atoms with Crippen LogP contribution in [0.3, 0.4) is 0 Å². The molecule has 0 saturated carbocycles. The predicted molar refractivity (Wildman–Crippen MR) is 141 cm³/mol. The van der Waals surface area contributed by atoms with Crippen LogP contribution >= 0.6 is 0 Å². The number of carbonyl (C=O) groups is 1. The molecule has 4 aromatic rings.